The SMILES string of the molecule is C=C(CN1Cc2c(-c3ccc4[nH]nc(-c5cccc(C(=O)N6CCN(C)CC6)c5)c4c3)ccc(N)c2C1=O)C(=O)NC. The number of piperazine rings is 1. The van der Waals surface area contributed by atoms with Crippen molar-refractivity contribution in [2.45, 2.75) is 6.54 Å². The Hall–Kier alpha value is -4.96. The van der Waals surface area contributed by atoms with Crippen molar-refractivity contribution >= 4 is 34.3 Å². The highest BCUT2D eigenvalue weighted by atomic mass is 16.2. The lowest BCUT2D eigenvalue weighted by atomic mass is 9.94. The molecule has 10 heteroatoms. The summed E-state index contributed by atoms with van der Waals surface area (Å²) >= 11 is 0. The monoisotopic (exact) mass is 563 g/mol. The van der Waals surface area contributed by atoms with Crippen LogP contribution in [0.1, 0.15) is 26.3 Å². The maximum atomic E-state index is 13.3. The van der Waals surface area contributed by atoms with E-state index in [1.165, 1.54) is 7.05 Å². The largest absolute Gasteiger partial charge is 0.398 e. The van der Waals surface area contributed by atoms with E-state index in [2.05, 4.69) is 34.0 Å². The normalized spacial score (nSPS) is 15.2. The molecule has 3 heterocycles. The van der Waals surface area contributed by atoms with Crippen molar-refractivity contribution < 1.29 is 14.4 Å². The van der Waals surface area contributed by atoms with E-state index < -0.39 is 0 Å². The first-order valence-corrected chi connectivity index (χ1v) is 13.9. The maximum absolute atomic E-state index is 13.3. The minimum atomic E-state index is -0.306. The van der Waals surface area contributed by atoms with E-state index >= 15 is 0 Å². The van der Waals surface area contributed by atoms with Gasteiger partial charge < -0.3 is 25.8 Å². The van der Waals surface area contributed by atoms with Gasteiger partial charge in [-0.15, -0.1) is 0 Å². The lowest BCUT2D eigenvalue weighted by Gasteiger charge is -2.32. The highest BCUT2D eigenvalue weighted by molar-refractivity contribution is 6.06. The summed E-state index contributed by atoms with van der Waals surface area (Å²) in [4.78, 5) is 44.3. The van der Waals surface area contributed by atoms with Crippen LogP contribution in [0.5, 0.6) is 0 Å². The number of carbonyl (C=O) groups is 3. The van der Waals surface area contributed by atoms with Crippen molar-refractivity contribution in [2.75, 3.05) is 52.6 Å². The summed E-state index contributed by atoms with van der Waals surface area (Å²) in [6.07, 6.45) is 0. The van der Waals surface area contributed by atoms with Crippen LogP contribution in [0.15, 0.2) is 66.7 Å². The third-order valence-electron chi connectivity index (χ3n) is 8.17. The van der Waals surface area contributed by atoms with Gasteiger partial charge in [0.2, 0.25) is 5.91 Å². The number of nitrogens with one attached hydrogen (secondary N) is 2. The first kappa shape index (κ1) is 27.2. The molecular formula is C32H33N7O3. The zero-order chi connectivity index (χ0) is 29.5. The zero-order valence-electron chi connectivity index (χ0n) is 23.7. The first-order chi connectivity index (χ1) is 20.2. The van der Waals surface area contributed by atoms with Crippen molar-refractivity contribution in [3.63, 3.8) is 0 Å². The number of nitrogens with two attached hydrogens (primary N) is 1. The molecule has 0 aliphatic carbocycles. The molecule has 3 aromatic carbocycles. The fourth-order valence-corrected chi connectivity index (χ4v) is 5.77. The number of nitrogens with zero attached hydrogens (tertiary/aromatic N) is 4. The molecule has 0 atom stereocenters. The number of fused-ring (bicyclic) bond motifs is 2. The number of rotatable bonds is 6. The Kier molecular flexibility index (Phi) is 6.99. The Labute approximate surface area is 243 Å². The minimum Gasteiger partial charge on any atom is -0.398 e. The molecule has 1 saturated heterocycles. The molecule has 4 aromatic rings. The summed E-state index contributed by atoms with van der Waals surface area (Å²) in [5, 5.41) is 11.2. The number of nitrogen functional groups attached to an aromatic ring is 1. The van der Waals surface area contributed by atoms with E-state index in [1.807, 2.05) is 53.4 Å². The fraction of sp³-hybridized carbons (Fsp3) is 0.250. The van der Waals surface area contributed by atoms with E-state index in [9.17, 15) is 14.4 Å². The van der Waals surface area contributed by atoms with E-state index in [0.29, 0.717) is 42.0 Å². The van der Waals surface area contributed by atoms with Crippen LogP contribution in [0.25, 0.3) is 33.3 Å². The number of hydrogen-bond acceptors (Lipinski definition) is 6. The molecule has 6 rings (SSSR count). The predicted molar refractivity (Wildman–Crippen MR) is 163 cm³/mol. The standard InChI is InChI=1S/C32H33N7O3/c1-19(30(40)34-2)17-39-18-25-23(8-9-26(33)28(25)32(39)42)20-7-10-27-24(16-20)29(36-35-27)21-5-4-6-22(15-21)31(41)38-13-11-37(3)12-14-38/h4-10,15-16H,1,11-14,17-18,33H2,2-3H3,(H,34,40)(H,35,36). The molecule has 0 saturated carbocycles. The molecule has 2 aliphatic rings. The van der Waals surface area contributed by atoms with Gasteiger partial charge in [-0.1, -0.05) is 30.8 Å². The van der Waals surface area contributed by atoms with E-state index in [-0.39, 0.29) is 24.3 Å². The van der Waals surface area contributed by atoms with Gasteiger partial charge in [-0.3, -0.25) is 19.5 Å². The molecule has 4 N–H and O–H groups in total. The van der Waals surface area contributed by atoms with Gasteiger partial charge in [0.1, 0.15) is 0 Å². The highest BCUT2D eigenvalue weighted by Gasteiger charge is 2.33. The fourth-order valence-electron chi connectivity index (χ4n) is 5.77. The van der Waals surface area contributed by atoms with E-state index in [4.69, 9.17) is 5.73 Å². The van der Waals surface area contributed by atoms with Crippen molar-refractivity contribution in [1.29, 1.82) is 0 Å². The summed E-state index contributed by atoms with van der Waals surface area (Å²) in [6, 6.07) is 17.3. The van der Waals surface area contributed by atoms with Gasteiger partial charge in [0.15, 0.2) is 0 Å². The minimum absolute atomic E-state index is 0.0243. The molecule has 42 heavy (non-hydrogen) atoms. The second-order valence-electron chi connectivity index (χ2n) is 10.9. The number of amides is 3. The summed E-state index contributed by atoms with van der Waals surface area (Å²) in [7, 11) is 3.60. The molecule has 214 valence electrons. The van der Waals surface area contributed by atoms with Crippen LogP contribution in [0, 0.1) is 0 Å². The molecule has 10 nitrogen and oxygen atoms in total. The van der Waals surface area contributed by atoms with Crippen molar-refractivity contribution in [1.82, 2.24) is 30.2 Å². The van der Waals surface area contributed by atoms with Gasteiger partial charge in [-0.05, 0) is 54.1 Å². The quantitative estimate of drug-likeness (QED) is 0.244. The molecule has 1 fully saturated rings. The van der Waals surface area contributed by atoms with Crippen LogP contribution in [-0.2, 0) is 11.3 Å². The maximum Gasteiger partial charge on any atom is 0.256 e. The van der Waals surface area contributed by atoms with Gasteiger partial charge >= 0.3 is 0 Å². The smallest absolute Gasteiger partial charge is 0.256 e. The predicted octanol–water partition coefficient (Wildman–Crippen LogP) is 3.12. The van der Waals surface area contributed by atoms with Crippen LogP contribution in [0.2, 0.25) is 0 Å². The number of carbonyl (C=O) groups excluding carboxylic acids is 3. The average molecular weight is 564 g/mol. The molecule has 0 unspecified atom stereocenters. The van der Waals surface area contributed by atoms with Gasteiger partial charge in [-0.2, -0.15) is 5.10 Å². The van der Waals surface area contributed by atoms with Gasteiger partial charge in [0, 0.05) is 67.5 Å². The Morgan fingerprint density at radius 2 is 1.83 bits per heavy atom. The molecular weight excluding hydrogens is 530 g/mol. The number of benzene rings is 3. The van der Waals surface area contributed by atoms with Gasteiger partial charge in [0.25, 0.3) is 11.8 Å². The Balaban J connectivity index is 1.34. The summed E-state index contributed by atoms with van der Waals surface area (Å²) in [6.45, 7) is 7.39. The van der Waals surface area contributed by atoms with E-state index in [1.54, 1.807) is 11.0 Å². The van der Waals surface area contributed by atoms with Crippen molar-refractivity contribution in [3.8, 4) is 22.4 Å². The molecule has 1 aromatic heterocycles. The first-order valence-electron chi connectivity index (χ1n) is 13.9. The third kappa shape index (κ3) is 4.79. The lowest BCUT2D eigenvalue weighted by Crippen LogP contribution is -2.47. The molecule has 0 radical (unpaired) electrons. The molecule has 2 aliphatic heterocycles. The Morgan fingerprint density at radius 3 is 2.60 bits per heavy atom. The van der Waals surface area contributed by atoms with E-state index in [0.717, 1.165) is 51.9 Å². The van der Waals surface area contributed by atoms with Crippen LogP contribution < -0.4 is 11.1 Å². The van der Waals surface area contributed by atoms with Gasteiger partial charge in [0.05, 0.1) is 23.3 Å². The average Bonchev–Trinajstić information content (AvgIpc) is 3.58. The summed E-state index contributed by atoms with van der Waals surface area (Å²) in [5.41, 5.74) is 13.1. The van der Waals surface area contributed by atoms with Crippen LogP contribution in [0.4, 0.5) is 5.69 Å². The van der Waals surface area contributed by atoms with Crippen LogP contribution >= 0.6 is 0 Å². The van der Waals surface area contributed by atoms with Gasteiger partial charge in [-0.25, -0.2) is 0 Å². The second kappa shape index (κ2) is 10.8. The summed E-state index contributed by atoms with van der Waals surface area (Å²) < 4.78 is 0. The summed E-state index contributed by atoms with van der Waals surface area (Å²) in [5.74, 6) is -0.503. The van der Waals surface area contributed by atoms with Crippen molar-refractivity contribution in [3.05, 3.63) is 83.4 Å². The molecule has 0 spiro atoms. The Bertz CT molecular complexity index is 1750. The number of likely N-dealkylation sites (N-methyl/N-ethyl adjacent to an activating group) is 2. The third-order valence-corrected chi connectivity index (χ3v) is 8.17. The van der Waals surface area contributed by atoms with Crippen LogP contribution in [-0.4, -0.2) is 89.4 Å². The topological polar surface area (TPSA) is 128 Å². The molecule has 3 amide bonds. The second-order valence-corrected chi connectivity index (χ2v) is 10.9. The molecule has 0 bridgehead atoms. The highest BCUT2D eigenvalue weighted by Crippen LogP contribution is 2.38. The lowest BCUT2D eigenvalue weighted by molar-refractivity contribution is -0.117. The number of hydrogen-bond donors (Lipinski definition) is 3. The Morgan fingerprint density at radius 1 is 1.05 bits per heavy atom. The number of aromatic nitrogens is 2. The number of anilines is 1. The number of H-pyrrole nitrogens is 1. The number of aromatic amines is 1. The zero-order valence-corrected chi connectivity index (χ0v) is 23.7. The van der Waals surface area contributed by atoms with Crippen LogP contribution in [0.3, 0.4) is 0 Å². The van der Waals surface area contributed by atoms with Crippen molar-refractivity contribution in [2.24, 2.45) is 0 Å².